The van der Waals surface area contributed by atoms with Crippen LogP contribution in [-0.4, -0.2) is 42.2 Å². The largest absolute Gasteiger partial charge is 0.493 e. The lowest BCUT2D eigenvalue weighted by Gasteiger charge is -2.59. The third-order valence-electron chi connectivity index (χ3n) is 7.82. The summed E-state index contributed by atoms with van der Waals surface area (Å²) in [6, 6.07) is 3.39. The predicted molar refractivity (Wildman–Crippen MR) is 126 cm³/mol. The van der Waals surface area contributed by atoms with Crippen LogP contribution < -0.4 is 25.1 Å². The van der Waals surface area contributed by atoms with E-state index in [9.17, 15) is 14.7 Å². The molecule has 1 heterocycles. The first-order chi connectivity index (χ1) is 16.3. The molecule has 1 aromatic heterocycles. The zero-order chi connectivity index (χ0) is 24.2. The average molecular weight is 490 g/mol. The molecule has 34 heavy (non-hydrogen) atoms. The number of carbonyl (C=O) groups is 1. The van der Waals surface area contributed by atoms with Gasteiger partial charge in [-0.3, -0.25) is 9.59 Å². The van der Waals surface area contributed by atoms with Crippen LogP contribution in [0.15, 0.2) is 23.1 Å². The van der Waals surface area contributed by atoms with Crippen molar-refractivity contribution in [3.05, 3.63) is 33.7 Å². The Labute approximate surface area is 202 Å². The lowest BCUT2D eigenvalue weighted by Crippen LogP contribution is -2.63. The van der Waals surface area contributed by atoms with E-state index in [1.165, 1.54) is 32.2 Å². The van der Waals surface area contributed by atoms with Crippen LogP contribution in [0.5, 0.6) is 17.2 Å². The van der Waals surface area contributed by atoms with Crippen molar-refractivity contribution in [2.45, 2.75) is 37.6 Å². The van der Waals surface area contributed by atoms with E-state index in [1.54, 1.807) is 12.1 Å². The van der Waals surface area contributed by atoms with E-state index >= 15 is 0 Å². The predicted octanol–water partition coefficient (Wildman–Crippen LogP) is 3.90. The Hall–Kier alpha value is -2.94. The van der Waals surface area contributed by atoms with Crippen molar-refractivity contribution in [3.8, 4) is 17.2 Å². The summed E-state index contributed by atoms with van der Waals surface area (Å²) >= 11 is 6.55. The minimum Gasteiger partial charge on any atom is -0.493 e. The van der Waals surface area contributed by atoms with E-state index in [-0.39, 0.29) is 10.9 Å². The number of nitrogens with zero attached hydrogens (tertiary/aromatic N) is 2. The maximum Gasteiger partial charge on any atom is 0.309 e. The zero-order valence-corrected chi connectivity index (χ0v) is 20.1. The van der Waals surface area contributed by atoms with Crippen LogP contribution in [0.3, 0.4) is 0 Å². The van der Waals surface area contributed by atoms with Crippen LogP contribution in [0.1, 0.15) is 32.1 Å². The second-order valence-electron chi connectivity index (χ2n) is 9.66. The molecule has 4 aliphatic rings. The molecule has 0 unspecified atom stereocenters. The van der Waals surface area contributed by atoms with Crippen molar-refractivity contribution in [1.29, 1.82) is 0 Å². The molecule has 0 spiro atoms. The van der Waals surface area contributed by atoms with Crippen LogP contribution in [0.4, 0.5) is 11.4 Å². The molecule has 4 fully saturated rings. The third kappa shape index (κ3) is 3.40. The first-order valence-corrected chi connectivity index (χ1v) is 11.8. The normalized spacial score (nSPS) is 29.1. The van der Waals surface area contributed by atoms with Gasteiger partial charge in [0.2, 0.25) is 5.75 Å². The van der Waals surface area contributed by atoms with Gasteiger partial charge in [0.05, 0.1) is 44.7 Å². The number of nitrogens with one attached hydrogen (secondary N) is 1. The molecular weight excluding hydrogens is 462 g/mol. The molecule has 4 saturated carbocycles. The molecule has 0 amide bonds. The summed E-state index contributed by atoms with van der Waals surface area (Å²) in [7, 11) is 4.55. The highest BCUT2D eigenvalue weighted by Crippen LogP contribution is 2.61. The number of benzene rings is 1. The monoisotopic (exact) mass is 489 g/mol. The number of ether oxygens (including phenoxy) is 3. The lowest BCUT2D eigenvalue weighted by atomic mass is 9.48. The standard InChI is InChI=1S/C24H28ClN3O6/c1-32-17-7-15(8-18(33-2)21(17)34-3)27-16-11-26-28(22(29)20(16)25)24-9-12-4-13(10-24)6-14(5-12)19(24)23(30)31/h7-8,11-14,19,27H,4-6,9-10H2,1-3H3,(H,30,31)/t12-,13-,14?,19-,24?/m1/s1. The lowest BCUT2D eigenvalue weighted by molar-refractivity contribution is -0.168. The highest BCUT2D eigenvalue weighted by Gasteiger charge is 2.61. The Balaban J connectivity index is 1.53. The SMILES string of the molecule is COc1cc(Nc2cnn(C34C[C@H]5CC(C[C@@H](C5)C3)[C@@H]4C(=O)O)c(=O)c2Cl)cc(OC)c1OC. The maximum absolute atomic E-state index is 13.5. The summed E-state index contributed by atoms with van der Waals surface area (Å²) in [4.78, 5) is 25.8. The van der Waals surface area contributed by atoms with Gasteiger partial charge < -0.3 is 24.6 Å². The summed E-state index contributed by atoms with van der Waals surface area (Å²) in [5.41, 5.74) is -0.429. The topological polar surface area (TPSA) is 112 Å². The smallest absolute Gasteiger partial charge is 0.309 e. The highest BCUT2D eigenvalue weighted by atomic mass is 35.5. The number of carboxylic acids is 1. The van der Waals surface area contributed by atoms with Gasteiger partial charge in [0.15, 0.2) is 11.5 Å². The first-order valence-electron chi connectivity index (χ1n) is 11.4. The van der Waals surface area contributed by atoms with E-state index in [0.717, 1.165) is 19.3 Å². The van der Waals surface area contributed by atoms with Crippen LogP contribution in [0, 0.1) is 23.7 Å². The number of carboxylic acid groups (broad SMARTS) is 1. The molecule has 1 aromatic carbocycles. The van der Waals surface area contributed by atoms with Crippen molar-refractivity contribution in [3.63, 3.8) is 0 Å². The van der Waals surface area contributed by atoms with E-state index in [1.807, 2.05) is 0 Å². The summed E-state index contributed by atoms with van der Waals surface area (Å²) in [5, 5.41) is 17.7. The van der Waals surface area contributed by atoms with Gasteiger partial charge in [0.1, 0.15) is 5.02 Å². The fourth-order valence-corrected chi connectivity index (χ4v) is 7.06. The van der Waals surface area contributed by atoms with Crippen LogP contribution in [0.2, 0.25) is 5.02 Å². The molecule has 3 atom stereocenters. The Morgan fingerprint density at radius 1 is 1.12 bits per heavy atom. The van der Waals surface area contributed by atoms with E-state index in [0.29, 0.717) is 53.3 Å². The number of methoxy groups -OCH3 is 3. The van der Waals surface area contributed by atoms with Gasteiger partial charge in [-0.15, -0.1) is 0 Å². The minimum absolute atomic E-state index is 0.0383. The number of aliphatic carboxylic acids is 1. The second-order valence-corrected chi connectivity index (χ2v) is 10.0. The van der Waals surface area contributed by atoms with Gasteiger partial charge in [-0.25, -0.2) is 4.68 Å². The number of rotatable bonds is 7. The Morgan fingerprint density at radius 2 is 1.74 bits per heavy atom. The second kappa shape index (κ2) is 8.37. The Kier molecular flexibility index (Phi) is 5.62. The molecule has 0 saturated heterocycles. The molecule has 9 nitrogen and oxygen atoms in total. The van der Waals surface area contributed by atoms with Gasteiger partial charge in [-0.1, -0.05) is 11.6 Å². The number of hydrogen-bond acceptors (Lipinski definition) is 7. The quantitative estimate of drug-likeness (QED) is 0.602. The summed E-state index contributed by atoms with van der Waals surface area (Å²) < 4.78 is 17.5. The van der Waals surface area contributed by atoms with Gasteiger partial charge in [-0.05, 0) is 49.9 Å². The molecule has 182 valence electrons. The van der Waals surface area contributed by atoms with E-state index in [4.69, 9.17) is 25.8 Å². The maximum atomic E-state index is 13.5. The summed E-state index contributed by atoms with van der Waals surface area (Å²) in [5.74, 6) is 0.781. The number of aromatic nitrogens is 2. The fraction of sp³-hybridized carbons (Fsp3) is 0.542. The van der Waals surface area contributed by atoms with E-state index in [2.05, 4.69) is 10.4 Å². The van der Waals surface area contributed by atoms with Gasteiger partial charge in [0.25, 0.3) is 5.56 Å². The minimum atomic E-state index is -0.853. The molecule has 2 aromatic rings. The van der Waals surface area contributed by atoms with Crippen molar-refractivity contribution in [1.82, 2.24) is 9.78 Å². The number of hydrogen-bond donors (Lipinski definition) is 2. The molecular formula is C24H28ClN3O6. The van der Waals surface area contributed by atoms with Crippen molar-refractivity contribution in [2.75, 3.05) is 26.6 Å². The zero-order valence-electron chi connectivity index (χ0n) is 19.3. The van der Waals surface area contributed by atoms with Crippen LogP contribution >= 0.6 is 11.6 Å². The molecule has 2 N–H and O–H groups in total. The van der Waals surface area contributed by atoms with Crippen LogP contribution in [-0.2, 0) is 10.3 Å². The third-order valence-corrected chi connectivity index (χ3v) is 8.19. The molecule has 4 aliphatic carbocycles. The Bertz CT molecular complexity index is 1160. The molecule has 0 aliphatic heterocycles. The highest BCUT2D eigenvalue weighted by molar-refractivity contribution is 6.33. The molecule has 0 radical (unpaired) electrons. The summed E-state index contributed by atoms with van der Waals surface area (Å²) in [6.07, 6.45) is 5.73. The molecule has 10 heteroatoms. The van der Waals surface area contributed by atoms with Crippen molar-refractivity contribution in [2.24, 2.45) is 23.7 Å². The summed E-state index contributed by atoms with van der Waals surface area (Å²) in [6.45, 7) is 0. The molecule has 4 bridgehead atoms. The Morgan fingerprint density at radius 3 is 2.26 bits per heavy atom. The fourth-order valence-electron chi connectivity index (χ4n) is 6.88. The average Bonchev–Trinajstić information content (AvgIpc) is 2.80. The van der Waals surface area contributed by atoms with Gasteiger partial charge in [0, 0.05) is 17.8 Å². The van der Waals surface area contributed by atoms with Crippen molar-refractivity contribution < 1.29 is 24.1 Å². The van der Waals surface area contributed by atoms with Crippen molar-refractivity contribution >= 4 is 28.9 Å². The molecule has 6 rings (SSSR count). The number of halogens is 1. The van der Waals surface area contributed by atoms with Crippen LogP contribution in [0.25, 0.3) is 0 Å². The van der Waals surface area contributed by atoms with Gasteiger partial charge in [-0.2, -0.15) is 5.10 Å². The van der Waals surface area contributed by atoms with E-state index < -0.39 is 23.0 Å². The first kappa shape index (κ1) is 22.8. The number of anilines is 2. The van der Waals surface area contributed by atoms with Gasteiger partial charge >= 0.3 is 5.97 Å².